The zero-order valence-electron chi connectivity index (χ0n) is 6.09. The number of hydrogen-bond donors (Lipinski definition) is 0. The molecule has 0 radical (unpaired) electrons. The molecule has 0 saturated carbocycles. The van der Waals surface area contributed by atoms with Crippen molar-refractivity contribution >= 4 is 8.73 Å². The highest BCUT2D eigenvalue weighted by molar-refractivity contribution is 7.34. The third-order valence-corrected chi connectivity index (χ3v) is 1.85. The molecule has 0 spiro atoms. The zero-order chi connectivity index (χ0) is 7.11. The molecule has 9 heavy (non-hydrogen) atoms. The van der Waals surface area contributed by atoms with Gasteiger partial charge in [-0.05, 0) is 28.5 Å². The maximum absolute atomic E-state index is 3.66. The maximum atomic E-state index is 3.66. The molecule has 0 saturated heterocycles. The standard InChI is InChI=1S/C7H14NP/c1-4-6-8(9-3)7-5-2/h4-5,7,9H,1,6H2,2-3H3/b7-5-. The Morgan fingerprint density at radius 3 is 2.67 bits per heavy atom. The second kappa shape index (κ2) is 5.84. The van der Waals surface area contributed by atoms with Gasteiger partial charge in [-0.2, -0.15) is 0 Å². The van der Waals surface area contributed by atoms with Crippen LogP contribution in [-0.4, -0.2) is 17.9 Å². The molecular weight excluding hydrogens is 129 g/mol. The molecule has 2 heteroatoms. The first-order valence-corrected chi connectivity index (χ1v) is 4.47. The summed E-state index contributed by atoms with van der Waals surface area (Å²) in [5.41, 5.74) is 0. The molecule has 1 atom stereocenters. The average molecular weight is 143 g/mol. The second-order valence-electron chi connectivity index (χ2n) is 1.65. The van der Waals surface area contributed by atoms with Gasteiger partial charge < -0.3 is 4.67 Å². The van der Waals surface area contributed by atoms with E-state index in [0.29, 0.717) is 0 Å². The zero-order valence-corrected chi connectivity index (χ0v) is 7.09. The molecule has 52 valence electrons. The molecule has 0 aromatic heterocycles. The molecule has 0 aromatic rings. The van der Waals surface area contributed by atoms with Gasteiger partial charge in [-0.25, -0.2) is 0 Å². The number of hydrogen-bond acceptors (Lipinski definition) is 1. The topological polar surface area (TPSA) is 3.24 Å². The molecule has 0 heterocycles. The van der Waals surface area contributed by atoms with Crippen molar-refractivity contribution in [1.29, 1.82) is 0 Å². The molecule has 0 aliphatic heterocycles. The van der Waals surface area contributed by atoms with E-state index in [1.807, 2.05) is 19.1 Å². The third kappa shape index (κ3) is 4.23. The monoisotopic (exact) mass is 143 g/mol. The first-order chi connectivity index (χ1) is 4.35. The molecule has 0 aliphatic carbocycles. The fourth-order valence-corrected chi connectivity index (χ4v) is 1.16. The number of rotatable bonds is 4. The summed E-state index contributed by atoms with van der Waals surface area (Å²) in [5, 5.41) is 0. The smallest absolute Gasteiger partial charge is 0.0386 e. The van der Waals surface area contributed by atoms with Crippen molar-refractivity contribution in [2.75, 3.05) is 13.2 Å². The summed E-state index contributed by atoms with van der Waals surface area (Å²) in [7, 11) is 0.838. The summed E-state index contributed by atoms with van der Waals surface area (Å²) in [6, 6.07) is 0. The summed E-state index contributed by atoms with van der Waals surface area (Å²) in [6.45, 7) is 8.80. The molecule has 0 fully saturated rings. The molecule has 0 aromatic carbocycles. The summed E-state index contributed by atoms with van der Waals surface area (Å²) in [4.78, 5) is 0. The summed E-state index contributed by atoms with van der Waals surface area (Å²) < 4.78 is 2.22. The van der Waals surface area contributed by atoms with Crippen molar-refractivity contribution in [2.24, 2.45) is 0 Å². The van der Waals surface area contributed by atoms with Crippen LogP contribution < -0.4 is 0 Å². The SMILES string of the molecule is C=CCN(/C=C\C)PC. The van der Waals surface area contributed by atoms with Crippen molar-refractivity contribution in [1.82, 2.24) is 4.67 Å². The molecule has 0 bridgehead atoms. The van der Waals surface area contributed by atoms with Crippen LogP contribution in [0.3, 0.4) is 0 Å². The van der Waals surface area contributed by atoms with Crippen molar-refractivity contribution in [3.05, 3.63) is 24.9 Å². The van der Waals surface area contributed by atoms with Crippen LogP contribution in [0.2, 0.25) is 0 Å². The predicted octanol–water partition coefficient (Wildman–Crippen LogP) is 2.23. The van der Waals surface area contributed by atoms with E-state index in [4.69, 9.17) is 0 Å². The summed E-state index contributed by atoms with van der Waals surface area (Å²) >= 11 is 0. The normalized spacial score (nSPS) is 11.3. The minimum absolute atomic E-state index is 0.838. The summed E-state index contributed by atoms with van der Waals surface area (Å²) in [5.74, 6) is 0. The van der Waals surface area contributed by atoms with E-state index in [1.165, 1.54) is 0 Å². The minimum atomic E-state index is 0.838. The fraction of sp³-hybridized carbons (Fsp3) is 0.429. The molecule has 0 aliphatic rings. The number of allylic oxidation sites excluding steroid dienone is 1. The van der Waals surface area contributed by atoms with Crippen LogP contribution in [0.1, 0.15) is 6.92 Å². The Hall–Kier alpha value is -0.290. The first kappa shape index (κ1) is 8.71. The molecule has 0 rings (SSSR count). The Morgan fingerprint density at radius 1 is 1.67 bits per heavy atom. The highest BCUT2D eigenvalue weighted by atomic mass is 31.1. The lowest BCUT2D eigenvalue weighted by Crippen LogP contribution is -2.03. The van der Waals surface area contributed by atoms with Crippen molar-refractivity contribution < 1.29 is 0 Å². The Labute approximate surface area is 59.3 Å². The quantitative estimate of drug-likeness (QED) is 0.431. The van der Waals surface area contributed by atoms with E-state index in [2.05, 4.69) is 24.1 Å². The number of nitrogens with zero attached hydrogens (tertiary/aromatic N) is 1. The van der Waals surface area contributed by atoms with Crippen molar-refractivity contribution in [3.8, 4) is 0 Å². The molecule has 1 nitrogen and oxygen atoms in total. The van der Waals surface area contributed by atoms with Crippen LogP contribution in [0.15, 0.2) is 24.9 Å². The Balaban J connectivity index is 3.53. The van der Waals surface area contributed by atoms with Gasteiger partial charge in [-0.15, -0.1) is 6.58 Å². The van der Waals surface area contributed by atoms with E-state index in [1.54, 1.807) is 0 Å². The van der Waals surface area contributed by atoms with Crippen LogP contribution in [0.25, 0.3) is 0 Å². The fourth-order valence-electron chi connectivity index (χ4n) is 0.546. The summed E-state index contributed by atoms with van der Waals surface area (Å²) in [6.07, 6.45) is 6.04. The highest BCUT2D eigenvalue weighted by Crippen LogP contribution is 2.11. The van der Waals surface area contributed by atoms with Gasteiger partial charge in [0.2, 0.25) is 0 Å². The van der Waals surface area contributed by atoms with Gasteiger partial charge in [-0.3, -0.25) is 0 Å². The van der Waals surface area contributed by atoms with E-state index >= 15 is 0 Å². The van der Waals surface area contributed by atoms with Crippen LogP contribution in [0.5, 0.6) is 0 Å². The van der Waals surface area contributed by atoms with Crippen LogP contribution in [0, 0.1) is 0 Å². The molecule has 0 N–H and O–H groups in total. The van der Waals surface area contributed by atoms with Gasteiger partial charge in [0.15, 0.2) is 0 Å². The van der Waals surface area contributed by atoms with E-state index < -0.39 is 0 Å². The predicted molar refractivity (Wildman–Crippen MR) is 46.0 cm³/mol. The van der Waals surface area contributed by atoms with Gasteiger partial charge in [0.05, 0.1) is 0 Å². The van der Waals surface area contributed by atoms with E-state index in [9.17, 15) is 0 Å². The van der Waals surface area contributed by atoms with E-state index in [-0.39, 0.29) is 0 Å². The van der Waals surface area contributed by atoms with Crippen molar-refractivity contribution in [2.45, 2.75) is 6.92 Å². The van der Waals surface area contributed by atoms with Crippen LogP contribution >= 0.6 is 8.73 Å². The van der Waals surface area contributed by atoms with Crippen LogP contribution in [-0.2, 0) is 0 Å². The van der Waals surface area contributed by atoms with Crippen LogP contribution in [0.4, 0.5) is 0 Å². The lowest BCUT2D eigenvalue weighted by Gasteiger charge is -2.13. The largest absolute Gasteiger partial charge is 0.356 e. The Bertz CT molecular complexity index is 99.1. The van der Waals surface area contributed by atoms with Crippen molar-refractivity contribution in [3.63, 3.8) is 0 Å². The Morgan fingerprint density at radius 2 is 2.33 bits per heavy atom. The Kier molecular flexibility index (Phi) is 5.65. The van der Waals surface area contributed by atoms with Gasteiger partial charge >= 0.3 is 0 Å². The van der Waals surface area contributed by atoms with Gasteiger partial charge in [-0.1, -0.05) is 12.2 Å². The molecule has 0 amide bonds. The maximum Gasteiger partial charge on any atom is 0.0386 e. The second-order valence-corrected chi connectivity index (χ2v) is 2.67. The third-order valence-electron chi connectivity index (χ3n) is 0.942. The molecule has 1 unspecified atom stereocenters. The van der Waals surface area contributed by atoms with Gasteiger partial charge in [0.1, 0.15) is 0 Å². The average Bonchev–Trinajstić information content (AvgIpc) is 1.88. The minimum Gasteiger partial charge on any atom is -0.356 e. The first-order valence-electron chi connectivity index (χ1n) is 3.03. The molecular formula is C7H14NP. The highest BCUT2D eigenvalue weighted by Gasteiger charge is 1.86. The van der Waals surface area contributed by atoms with Gasteiger partial charge in [0.25, 0.3) is 0 Å². The lowest BCUT2D eigenvalue weighted by molar-refractivity contribution is 0.689. The van der Waals surface area contributed by atoms with Gasteiger partial charge in [0, 0.05) is 6.54 Å². The van der Waals surface area contributed by atoms with E-state index in [0.717, 1.165) is 15.3 Å². The lowest BCUT2D eigenvalue weighted by atomic mass is 10.6.